The molecule has 0 unspecified atom stereocenters. The van der Waals surface area contributed by atoms with Crippen molar-refractivity contribution < 1.29 is 24.9 Å². The molecule has 9 heteroatoms. The van der Waals surface area contributed by atoms with E-state index >= 15 is 0 Å². The van der Waals surface area contributed by atoms with Crippen LogP contribution in [0.1, 0.15) is 35.6 Å². The molecule has 0 bridgehead atoms. The Morgan fingerprint density at radius 2 is 1.64 bits per heavy atom. The minimum Gasteiger partial charge on any atom is -0.506 e. The van der Waals surface area contributed by atoms with Crippen molar-refractivity contribution >= 4 is 22.7 Å². The van der Waals surface area contributed by atoms with E-state index in [2.05, 4.69) is 15.6 Å². The highest BCUT2D eigenvalue weighted by Crippen LogP contribution is 2.30. The number of anilines is 1. The Hall–Kier alpha value is -5.12. The molecule has 5 rings (SSSR count). The Bertz CT molecular complexity index is 1790. The average molecular weight is 608 g/mol. The highest BCUT2D eigenvalue weighted by atomic mass is 16.5. The van der Waals surface area contributed by atoms with Crippen LogP contribution in [0.2, 0.25) is 0 Å². The maximum Gasteiger partial charge on any atom is 0.409 e. The third kappa shape index (κ3) is 8.50. The van der Waals surface area contributed by atoms with Gasteiger partial charge in [0.25, 0.3) is 0 Å². The molecular formula is C36H37N3O6. The molecule has 5 aromatic rings. The molecule has 1 heterocycles. The Kier molecular flexibility index (Phi) is 10.5. The first-order valence-corrected chi connectivity index (χ1v) is 15.0. The molecule has 1 aromatic heterocycles. The number of amides is 1. The average Bonchev–Trinajstić information content (AvgIpc) is 3.04. The number of aromatic nitrogens is 1. The third-order valence-corrected chi connectivity index (χ3v) is 7.66. The van der Waals surface area contributed by atoms with E-state index in [9.17, 15) is 24.9 Å². The number of aromatic hydroxyl groups is 1. The van der Waals surface area contributed by atoms with Crippen molar-refractivity contribution in [3.8, 4) is 22.6 Å². The number of phenols is 1. The van der Waals surface area contributed by atoms with E-state index in [0.717, 1.165) is 53.7 Å². The van der Waals surface area contributed by atoms with Gasteiger partial charge in [-0.15, -0.1) is 0 Å². The molecule has 0 aliphatic rings. The molecular weight excluding hydrogens is 570 g/mol. The van der Waals surface area contributed by atoms with Gasteiger partial charge in [-0.25, -0.2) is 4.79 Å². The Morgan fingerprint density at radius 3 is 2.42 bits per heavy atom. The number of unbranched alkanes of at least 4 members (excludes halogenated alkanes) is 1. The molecule has 0 spiro atoms. The van der Waals surface area contributed by atoms with Crippen molar-refractivity contribution in [3.05, 3.63) is 124 Å². The minimum atomic E-state index is -1.08. The number of rotatable bonds is 14. The molecule has 0 fully saturated rings. The highest BCUT2D eigenvalue weighted by molar-refractivity contribution is 5.91. The Labute approximate surface area is 261 Å². The summed E-state index contributed by atoms with van der Waals surface area (Å²) in [4.78, 5) is 25.6. The zero-order valence-electron chi connectivity index (χ0n) is 24.8. The normalized spacial score (nSPS) is 11.8. The smallest absolute Gasteiger partial charge is 0.409 e. The van der Waals surface area contributed by atoms with E-state index in [1.54, 1.807) is 12.1 Å². The number of aromatic amines is 1. The van der Waals surface area contributed by atoms with Gasteiger partial charge in [-0.05, 0) is 84.8 Å². The van der Waals surface area contributed by atoms with Crippen molar-refractivity contribution in [1.29, 1.82) is 0 Å². The summed E-state index contributed by atoms with van der Waals surface area (Å²) < 4.78 is 5.93. The summed E-state index contributed by atoms with van der Waals surface area (Å²) in [6, 6.07) is 29.7. The van der Waals surface area contributed by atoms with Crippen LogP contribution in [0, 0.1) is 0 Å². The molecule has 6 N–H and O–H groups in total. The monoisotopic (exact) mass is 607 g/mol. The van der Waals surface area contributed by atoms with Crippen LogP contribution >= 0.6 is 0 Å². The SMILES string of the molecule is O=C(O)Nc1cc(CCCCOc2ccc(CCNC[C@@H](O)c3ccc(O)c4[nH]c(=O)ccc34)cc2)ccc1-c1ccccc1. The molecule has 4 aromatic carbocycles. The maximum absolute atomic E-state index is 11.6. The quantitative estimate of drug-likeness (QED) is 0.0818. The lowest BCUT2D eigenvalue weighted by Crippen LogP contribution is -2.24. The fourth-order valence-corrected chi connectivity index (χ4v) is 5.34. The number of hydrogen-bond acceptors (Lipinski definition) is 6. The van der Waals surface area contributed by atoms with E-state index in [0.29, 0.717) is 41.9 Å². The van der Waals surface area contributed by atoms with Crippen molar-refractivity contribution in [2.24, 2.45) is 0 Å². The first-order valence-electron chi connectivity index (χ1n) is 15.0. The van der Waals surface area contributed by atoms with Crippen LogP contribution in [0.15, 0.2) is 102 Å². The number of nitrogens with one attached hydrogen (secondary N) is 3. The number of ether oxygens (including phenoxy) is 1. The van der Waals surface area contributed by atoms with E-state index in [-0.39, 0.29) is 11.3 Å². The lowest BCUT2D eigenvalue weighted by Gasteiger charge is -2.15. The first kappa shape index (κ1) is 31.3. The van der Waals surface area contributed by atoms with E-state index in [4.69, 9.17) is 4.74 Å². The van der Waals surface area contributed by atoms with Crippen LogP contribution in [0.3, 0.4) is 0 Å². The van der Waals surface area contributed by atoms with Crippen LogP contribution < -0.4 is 20.9 Å². The number of aryl methyl sites for hydroxylation is 1. The minimum absolute atomic E-state index is 0.0325. The first-order chi connectivity index (χ1) is 21.9. The molecule has 9 nitrogen and oxygen atoms in total. The van der Waals surface area contributed by atoms with Gasteiger partial charge in [0, 0.05) is 23.6 Å². The van der Waals surface area contributed by atoms with Crippen LogP contribution in [0.4, 0.5) is 10.5 Å². The largest absolute Gasteiger partial charge is 0.506 e. The lowest BCUT2D eigenvalue weighted by molar-refractivity contribution is 0.176. The van der Waals surface area contributed by atoms with Crippen LogP contribution in [0.5, 0.6) is 11.5 Å². The van der Waals surface area contributed by atoms with Crippen LogP contribution in [0.25, 0.3) is 22.0 Å². The van der Waals surface area contributed by atoms with Gasteiger partial charge in [0.2, 0.25) is 5.56 Å². The predicted molar refractivity (Wildman–Crippen MR) is 176 cm³/mol. The van der Waals surface area contributed by atoms with Crippen LogP contribution in [-0.4, -0.2) is 46.1 Å². The van der Waals surface area contributed by atoms with Gasteiger partial charge in [0.1, 0.15) is 11.5 Å². The number of hydrogen-bond donors (Lipinski definition) is 6. The predicted octanol–water partition coefficient (Wildman–Crippen LogP) is 6.26. The second kappa shape index (κ2) is 15.1. The number of H-pyrrole nitrogens is 1. The van der Waals surface area contributed by atoms with Gasteiger partial charge in [0.05, 0.1) is 23.9 Å². The number of benzene rings is 4. The summed E-state index contributed by atoms with van der Waals surface area (Å²) in [5, 5.41) is 36.5. The van der Waals surface area contributed by atoms with E-state index in [1.165, 1.54) is 12.1 Å². The molecule has 0 aliphatic carbocycles. The molecule has 1 amide bonds. The van der Waals surface area contributed by atoms with E-state index < -0.39 is 12.2 Å². The van der Waals surface area contributed by atoms with Crippen molar-refractivity contribution in [3.63, 3.8) is 0 Å². The Balaban J connectivity index is 1.03. The maximum atomic E-state index is 11.6. The zero-order valence-corrected chi connectivity index (χ0v) is 24.8. The summed E-state index contributed by atoms with van der Waals surface area (Å²) in [5.41, 5.74) is 5.24. The fraction of sp³-hybridized carbons (Fsp3) is 0.222. The summed E-state index contributed by atoms with van der Waals surface area (Å²) in [7, 11) is 0. The van der Waals surface area contributed by atoms with Gasteiger partial charge < -0.3 is 30.4 Å². The van der Waals surface area contributed by atoms with Crippen molar-refractivity contribution in [1.82, 2.24) is 10.3 Å². The summed E-state index contributed by atoms with van der Waals surface area (Å²) in [6.45, 7) is 1.58. The third-order valence-electron chi connectivity index (χ3n) is 7.66. The fourth-order valence-electron chi connectivity index (χ4n) is 5.34. The van der Waals surface area contributed by atoms with Gasteiger partial charge in [-0.1, -0.05) is 60.7 Å². The number of aliphatic hydroxyl groups excluding tert-OH is 1. The summed E-state index contributed by atoms with van der Waals surface area (Å²) >= 11 is 0. The Morgan fingerprint density at radius 1 is 0.867 bits per heavy atom. The second-order valence-corrected chi connectivity index (χ2v) is 10.9. The molecule has 0 aliphatic heterocycles. The van der Waals surface area contributed by atoms with Gasteiger partial charge in [-0.3, -0.25) is 10.1 Å². The molecule has 0 saturated carbocycles. The number of aliphatic hydroxyl groups is 1. The topological polar surface area (TPSA) is 144 Å². The summed E-state index contributed by atoms with van der Waals surface area (Å²) in [6.07, 6.45) is 1.48. The zero-order chi connectivity index (χ0) is 31.6. The van der Waals surface area contributed by atoms with Crippen molar-refractivity contribution in [2.75, 3.05) is 25.0 Å². The lowest BCUT2D eigenvalue weighted by atomic mass is 9.99. The van der Waals surface area contributed by atoms with Crippen LogP contribution in [-0.2, 0) is 12.8 Å². The highest BCUT2D eigenvalue weighted by Gasteiger charge is 2.14. The number of phenolic OH excluding ortho intramolecular Hbond substituents is 1. The van der Waals surface area contributed by atoms with Crippen molar-refractivity contribution in [2.45, 2.75) is 31.8 Å². The number of carboxylic acid groups (broad SMARTS) is 1. The van der Waals surface area contributed by atoms with E-state index in [1.807, 2.05) is 72.8 Å². The second-order valence-electron chi connectivity index (χ2n) is 10.9. The van der Waals surface area contributed by atoms with Gasteiger partial charge in [-0.2, -0.15) is 0 Å². The molecule has 45 heavy (non-hydrogen) atoms. The molecule has 0 saturated heterocycles. The number of carbonyl (C=O) groups is 1. The standard InChI is InChI=1S/C36H37N3O6/c40-32-17-15-29(30-16-18-34(42)39-35(30)32)33(41)23-37-20-19-24-9-12-27(13-10-24)45-21-5-4-6-25-11-14-28(26-7-2-1-3-8-26)31(22-25)38-36(43)44/h1-3,7-18,22,33,37-38,40-41H,4-6,19-21,23H2,(H,39,42)(H,43,44)/t33-/m1/s1. The van der Waals surface area contributed by atoms with Gasteiger partial charge in [0.15, 0.2) is 0 Å². The molecule has 1 atom stereocenters. The number of fused-ring (bicyclic) bond motifs is 1. The molecule has 232 valence electrons. The molecule has 0 radical (unpaired) electrons. The van der Waals surface area contributed by atoms with Gasteiger partial charge >= 0.3 is 6.09 Å². The summed E-state index contributed by atoms with van der Waals surface area (Å²) in [5.74, 6) is 0.773. The number of pyridine rings is 1.